The molecule has 0 spiro atoms. The summed E-state index contributed by atoms with van der Waals surface area (Å²) in [5.41, 5.74) is 0.0429. The smallest absolute Gasteiger partial charge is 0.350 e. The molecular weight excluding hydrogens is 336 g/mol. The maximum absolute atomic E-state index is 13.0. The molecule has 0 radical (unpaired) electrons. The van der Waals surface area contributed by atoms with Crippen LogP contribution in [0.2, 0.25) is 0 Å². The largest absolute Gasteiger partial charge is 0.433 e. The number of anilines is 1. The Morgan fingerprint density at radius 3 is 2.64 bits per heavy atom. The van der Waals surface area contributed by atoms with Gasteiger partial charge in [-0.3, -0.25) is 4.90 Å². The molecule has 1 aromatic heterocycles. The van der Waals surface area contributed by atoms with Gasteiger partial charge in [0.2, 0.25) is 5.95 Å². The average Bonchev–Trinajstić information content (AvgIpc) is 2.57. The minimum atomic E-state index is -4.49. The summed E-state index contributed by atoms with van der Waals surface area (Å²) in [6.45, 7) is 2.22. The monoisotopic (exact) mass is 354 g/mol. The van der Waals surface area contributed by atoms with Gasteiger partial charge in [0.1, 0.15) is 11.5 Å². The Labute approximate surface area is 142 Å². The number of nitrogens with zero attached hydrogens (tertiary/aromatic N) is 3. The number of piperidine rings is 1. The molecule has 1 unspecified atom stereocenters. The van der Waals surface area contributed by atoms with Gasteiger partial charge >= 0.3 is 6.18 Å². The molecule has 0 aliphatic carbocycles. The number of nitrogens with one attached hydrogen (secondary N) is 1. The molecule has 2 aromatic rings. The van der Waals surface area contributed by atoms with E-state index in [1.54, 1.807) is 12.1 Å². The zero-order valence-corrected chi connectivity index (χ0v) is 13.4. The van der Waals surface area contributed by atoms with Crippen LogP contribution in [0.5, 0.6) is 0 Å². The van der Waals surface area contributed by atoms with Crippen molar-refractivity contribution in [3.8, 4) is 0 Å². The Bertz CT molecular complexity index is 703. The van der Waals surface area contributed by atoms with Gasteiger partial charge in [0, 0.05) is 25.3 Å². The highest BCUT2D eigenvalue weighted by molar-refractivity contribution is 5.28. The minimum absolute atomic E-state index is 0.0107. The fourth-order valence-corrected chi connectivity index (χ4v) is 2.93. The number of hydrogen-bond acceptors (Lipinski definition) is 4. The molecule has 25 heavy (non-hydrogen) atoms. The summed E-state index contributed by atoms with van der Waals surface area (Å²) in [6.07, 6.45) is -1.63. The molecule has 1 fully saturated rings. The summed E-state index contributed by atoms with van der Waals surface area (Å²) in [5, 5.41) is 2.99. The van der Waals surface area contributed by atoms with Crippen LogP contribution in [-0.2, 0) is 12.7 Å². The highest BCUT2D eigenvalue weighted by Crippen LogP contribution is 2.27. The van der Waals surface area contributed by atoms with Crippen molar-refractivity contribution in [2.75, 3.05) is 18.4 Å². The molecule has 4 nitrogen and oxygen atoms in total. The number of hydrogen-bond donors (Lipinski definition) is 1. The lowest BCUT2D eigenvalue weighted by Gasteiger charge is -2.33. The molecule has 2 heterocycles. The van der Waals surface area contributed by atoms with Crippen molar-refractivity contribution in [1.82, 2.24) is 14.9 Å². The summed E-state index contributed by atoms with van der Waals surface area (Å²) in [6, 6.07) is 7.15. The van der Waals surface area contributed by atoms with Gasteiger partial charge in [-0.2, -0.15) is 13.2 Å². The van der Waals surface area contributed by atoms with Crippen molar-refractivity contribution >= 4 is 5.95 Å². The van der Waals surface area contributed by atoms with Gasteiger partial charge < -0.3 is 5.32 Å². The molecule has 0 amide bonds. The zero-order valence-electron chi connectivity index (χ0n) is 13.4. The standard InChI is InChI=1S/C17H18F4N4/c18-13-5-3-12(4-6-13)10-25-9-1-2-14(11-25)23-16-22-8-7-15(24-16)17(19,20)21/h3-8,14H,1-2,9-11H2,(H,22,23,24). The Hall–Kier alpha value is -2.22. The number of likely N-dealkylation sites (tertiary alicyclic amines) is 1. The molecule has 0 saturated carbocycles. The SMILES string of the molecule is Fc1ccc(CN2CCCC(Nc3nccc(C(F)(F)F)n3)C2)cc1. The molecule has 3 rings (SSSR count). The van der Waals surface area contributed by atoms with Crippen LogP contribution in [0, 0.1) is 5.82 Å². The fourth-order valence-electron chi connectivity index (χ4n) is 2.93. The number of rotatable bonds is 4. The van der Waals surface area contributed by atoms with E-state index in [1.165, 1.54) is 12.1 Å². The summed E-state index contributed by atoms with van der Waals surface area (Å²) in [4.78, 5) is 9.62. The number of halogens is 4. The predicted molar refractivity (Wildman–Crippen MR) is 85.4 cm³/mol. The van der Waals surface area contributed by atoms with E-state index in [4.69, 9.17) is 0 Å². The van der Waals surface area contributed by atoms with E-state index in [0.29, 0.717) is 13.1 Å². The van der Waals surface area contributed by atoms with Crippen LogP contribution in [0.15, 0.2) is 36.5 Å². The lowest BCUT2D eigenvalue weighted by molar-refractivity contribution is -0.141. The molecule has 1 aromatic carbocycles. The summed E-state index contributed by atoms with van der Waals surface area (Å²) in [5.74, 6) is -0.285. The molecule has 1 aliphatic rings. The van der Waals surface area contributed by atoms with E-state index in [2.05, 4.69) is 20.2 Å². The highest BCUT2D eigenvalue weighted by Gasteiger charge is 2.33. The van der Waals surface area contributed by atoms with Gasteiger partial charge in [-0.1, -0.05) is 12.1 Å². The van der Waals surface area contributed by atoms with Crippen molar-refractivity contribution in [2.24, 2.45) is 0 Å². The number of alkyl halides is 3. The van der Waals surface area contributed by atoms with Crippen molar-refractivity contribution in [3.63, 3.8) is 0 Å². The molecule has 1 atom stereocenters. The average molecular weight is 354 g/mol. The molecule has 8 heteroatoms. The van der Waals surface area contributed by atoms with Crippen LogP contribution in [0.4, 0.5) is 23.5 Å². The Morgan fingerprint density at radius 1 is 1.16 bits per heavy atom. The molecule has 1 aliphatic heterocycles. The first-order valence-corrected chi connectivity index (χ1v) is 8.04. The van der Waals surface area contributed by atoms with Gasteiger partial charge in [-0.05, 0) is 43.1 Å². The summed E-state index contributed by atoms with van der Waals surface area (Å²) >= 11 is 0. The van der Waals surface area contributed by atoms with Crippen molar-refractivity contribution < 1.29 is 17.6 Å². The van der Waals surface area contributed by atoms with Gasteiger partial charge in [-0.15, -0.1) is 0 Å². The lowest BCUT2D eigenvalue weighted by atomic mass is 10.0. The maximum Gasteiger partial charge on any atom is 0.433 e. The van der Waals surface area contributed by atoms with Gasteiger partial charge in [0.15, 0.2) is 0 Å². The van der Waals surface area contributed by atoms with E-state index in [1.807, 2.05) is 0 Å². The lowest BCUT2D eigenvalue weighted by Crippen LogP contribution is -2.42. The molecule has 1 saturated heterocycles. The first-order chi connectivity index (χ1) is 11.9. The van der Waals surface area contributed by atoms with Crippen molar-refractivity contribution in [2.45, 2.75) is 31.6 Å². The third-order valence-electron chi connectivity index (χ3n) is 4.10. The predicted octanol–water partition coefficient (Wildman–Crippen LogP) is 3.71. The summed E-state index contributed by atoms with van der Waals surface area (Å²) in [7, 11) is 0. The second-order valence-electron chi connectivity index (χ2n) is 6.11. The van der Waals surface area contributed by atoms with Gasteiger partial charge in [0.05, 0.1) is 0 Å². The Morgan fingerprint density at radius 2 is 1.92 bits per heavy atom. The van der Waals surface area contributed by atoms with E-state index >= 15 is 0 Å². The van der Waals surface area contributed by atoms with Crippen LogP contribution in [-0.4, -0.2) is 34.0 Å². The third kappa shape index (κ3) is 4.88. The van der Waals surface area contributed by atoms with E-state index in [0.717, 1.165) is 37.2 Å². The van der Waals surface area contributed by atoms with Crippen LogP contribution in [0.1, 0.15) is 24.1 Å². The summed E-state index contributed by atoms with van der Waals surface area (Å²) < 4.78 is 51.1. The second-order valence-corrected chi connectivity index (χ2v) is 6.11. The maximum atomic E-state index is 13.0. The highest BCUT2D eigenvalue weighted by atomic mass is 19.4. The van der Waals surface area contributed by atoms with Crippen molar-refractivity contribution in [3.05, 3.63) is 53.6 Å². The van der Waals surface area contributed by atoms with Crippen molar-refractivity contribution in [1.29, 1.82) is 0 Å². The third-order valence-corrected chi connectivity index (χ3v) is 4.10. The number of benzene rings is 1. The Kier molecular flexibility index (Phi) is 5.17. The minimum Gasteiger partial charge on any atom is -0.350 e. The second kappa shape index (κ2) is 7.35. The molecule has 0 bridgehead atoms. The quantitative estimate of drug-likeness (QED) is 0.850. The van der Waals surface area contributed by atoms with Gasteiger partial charge in [-0.25, -0.2) is 14.4 Å². The first-order valence-electron chi connectivity index (χ1n) is 8.04. The topological polar surface area (TPSA) is 41.0 Å². The Balaban J connectivity index is 1.61. The number of aromatic nitrogens is 2. The normalized spacial score (nSPS) is 19.0. The fraction of sp³-hybridized carbons (Fsp3) is 0.412. The van der Waals surface area contributed by atoms with E-state index in [-0.39, 0.29) is 17.8 Å². The van der Waals surface area contributed by atoms with Crippen LogP contribution in [0.25, 0.3) is 0 Å². The molecule has 134 valence electrons. The van der Waals surface area contributed by atoms with Gasteiger partial charge in [0.25, 0.3) is 0 Å². The van der Waals surface area contributed by atoms with Crippen LogP contribution in [0.3, 0.4) is 0 Å². The van der Waals surface area contributed by atoms with Crippen LogP contribution < -0.4 is 5.32 Å². The van der Waals surface area contributed by atoms with E-state index < -0.39 is 11.9 Å². The van der Waals surface area contributed by atoms with Crippen LogP contribution >= 0.6 is 0 Å². The molecular formula is C17H18F4N4. The van der Waals surface area contributed by atoms with E-state index in [9.17, 15) is 17.6 Å². The zero-order chi connectivity index (χ0) is 17.9. The molecule has 1 N–H and O–H groups in total. The first kappa shape index (κ1) is 17.6.